The highest BCUT2D eigenvalue weighted by molar-refractivity contribution is 6.01. The van der Waals surface area contributed by atoms with Gasteiger partial charge in [-0.05, 0) is 48.4 Å². The molecule has 0 fully saturated rings. The first kappa shape index (κ1) is 14.0. The minimum atomic E-state index is -0.336. The summed E-state index contributed by atoms with van der Waals surface area (Å²) in [5, 5.41) is 0. The topological polar surface area (TPSA) is 55.0 Å². The molecule has 0 spiro atoms. The van der Waals surface area contributed by atoms with Crippen molar-refractivity contribution in [3.05, 3.63) is 65.0 Å². The Balaban J connectivity index is 1.67. The van der Waals surface area contributed by atoms with Crippen LogP contribution < -0.4 is 0 Å². The molecule has 23 heavy (non-hydrogen) atoms. The SMILES string of the molecule is COC(=O)c1ccnc2cc(CC3CCc4ccccc43)[nH]c12. The Labute approximate surface area is 134 Å². The lowest BCUT2D eigenvalue weighted by Crippen LogP contribution is -2.02. The number of benzene rings is 1. The Morgan fingerprint density at radius 2 is 2.22 bits per heavy atom. The van der Waals surface area contributed by atoms with Crippen molar-refractivity contribution in [2.24, 2.45) is 0 Å². The second-order valence-corrected chi connectivity index (χ2v) is 6.04. The molecule has 1 aliphatic carbocycles. The number of methoxy groups -OCH3 is 1. The first-order valence-electron chi connectivity index (χ1n) is 7.89. The van der Waals surface area contributed by atoms with Crippen molar-refractivity contribution in [1.29, 1.82) is 0 Å². The van der Waals surface area contributed by atoms with E-state index in [1.165, 1.54) is 24.7 Å². The average molecular weight is 306 g/mol. The van der Waals surface area contributed by atoms with Gasteiger partial charge in [0.25, 0.3) is 0 Å². The van der Waals surface area contributed by atoms with Crippen LogP contribution in [0.3, 0.4) is 0 Å². The molecule has 0 aliphatic heterocycles. The van der Waals surface area contributed by atoms with E-state index >= 15 is 0 Å². The Hall–Kier alpha value is -2.62. The van der Waals surface area contributed by atoms with Crippen molar-refractivity contribution < 1.29 is 9.53 Å². The quantitative estimate of drug-likeness (QED) is 0.752. The van der Waals surface area contributed by atoms with E-state index in [1.807, 2.05) is 6.07 Å². The summed E-state index contributed by atoms with van der Waals surface area (Å²) in [6.07, 6.45) is 4.91. The number of aromatic amines is 1. The summed E-state index contributed by atoms with van der Waals surface area (Å²) in [5.41, 5.74) is 6.14. The summed E-state index contributed by atoms with van der Waals surface area (Å²) < 4.78 is 4.85. The molecule has 1 atom stereocenters. The lowest BCUT2D eigenvalue weighted by molar-refractivity contribution is 0.0602. The number of hydrogen-bond donors (Lipinski definition) is 1. The molecule has 1 N–H and O–H groups in total. The maximum absolute atomic E-state index is 11.9. The molecule has 4 heteroatoms. The van der Waals surface area contributed by atoms with Crippen LogP contribution in [0.2, 0.25) is 0 Å². The number of rotatable bonds is 3. The number of aromatic nitrogens is 2. The fourth-order valence-electron chi connectivity index (χ4n) is 3.59. The number of carbonyl (C=O) groups excluding carboxylic acids is 1. The van der Waals surface area contributed by atoms with E-state index < -0.39 is 0 Å². The summed E-state index contributed by atoms with van der Waals surface area (Å²) in [5.74, 6) is 0.192. The summed E-state index contributed by atoms with van der Waals surface area (Å²) in [6, 6.07) is 12.4. The molecule has 0 bridgehead atoms. The van der Waals surface area contributed by atoms with E-state index in [0.29, 0.717) is 11.5 Å². The molecule has 1 aromatic carbocycles. The molecule has 0 saturated heterocycles. The van der Waals surface area contributed by atoms with Crippen LogP contribution in [0.4, 0.5) is 0 Å². The summed E-state index contributed by atoms with van der Waals surface area (Å²) in [4.78, 5) is 19.6. The van der Waals surface area contributed by atoms with Crippen molar-refractivity contribution in [3.63, 3.8) is 0 Å². The first-order valence-corrected chi connectivity index (χ1v) is 7.89. The minimum absolute atomic E-state index is 0.336. The van der Waals surface area contributed by atoms with Gasteiger partial charge in [-0.2, -0.15) is 0 Å². The molecular weight excluding hydrogens is 288 g/mol. The maximum Gasteiger partial charge on any atom is 0.340 e. The van der Waals surface area contributed by atoms with Gasteiger partial charge in [-0.1, -0.05) is 24.3 Å². The molecule has 116 valence electrons. The highest BCUT2D eigenvalue weighted by Gasteiger charge is 2.23. The predicted octanol–water partition coefficient (Wildman–Crippen LogP) is 3.62. The lowest BCUT2D eigenvalue weighted by Gasteiger charge is -2.10. The number of aryl methyl sites for hydroxylation is 1. The first-order chi connectivity index (χ1) is 11.3. The van der Waals surface area contributed by atoms with E-state index in [2.05, 4.69) is 34.2 Å². The molecule has 0 saturated carbocycles. The van der Waals surface area contributed by atoms with Crippen molar-refractivity contribution in [1.82, 2.24) is 9.97 Å². The van der Waals surface area contributed by atoms with Crippen LogP contribution in [0, 0.1) is 0 Å². The highest BCUT2D eigenvalue weighted by Crippen LogP contribution is 2.35. The second-order valence-electron chi connectivity index (χ2n) is 6.04. The minimum Gasteiger partial charge on any atom is -0.465 e. The zero-order valence-electron chi connectivity index (χ0n) is 13.0. The lowest BCUT2D eigenvalue weighted by atomic mass is 9.96. The Bertz CT molecular complexity index is 882. The highest BCUT2D eigenvalue weighted by atomic mass is 16.5. The van der Waals surface area contributed by atoms with Gasteiger partial charge in [0.05, 0.1) is 23.7 Å². The third-order valence-electron chi connectivity index (χ3n) is 4.71. The van der Waals surface area contributed by atoms with Crippen LogP contribution in [-0.2, 0) is 17.6 Å². The van der Waals surface area contributed by atoms with E-state index in [4.69, 9.17) is 4.74 Å². The predicted molar refractivity (Wildman–Crippen MR) is 88.6 cm³/mol. The molecule has 0 radical (unpaired) electrons. The van der Waals surface area contributed by atoms with Crippen molar-refractivity contribution in [2.45, 2.75) is 25.2 Å². The van der Waals surface area contributed by atoms with Crippen LogP contribution in [0.1, 0.15) is 39.5 Å². The monoisotopic (exact) mass is 306 g/mol. The Morgan fingerprint density at radius 1 is 1.35 bits per heavy atom. The molecule has 4 nitrogen and oxygen atoms in total. The molecule has 4 rings (SSSR count). The van der Waals surface area contributed by atoms with E-state index in [0.717, 1.165) is 29.6 Å². The molecular formula is C19H18N2O2. The van der Waals surface area contributed by atoms with Crippen LogP contribution in [-0.4, -0.2) is 23.0 Å². The van der Waals surface area contributed by atoms with Crippen molar-refractivity contribution >= 4 is 17.0 Å². The number of esters is 1. The number of ether oxygens (including phenoxy) is 1. The van der Waals surface area contributed by atoms with E-state index in [9.17, 15) is 4.79 Å². The third-order valence-corrected chi connectivity index (χ3v) is 4.71. The fraction of sp³-hybridized carbons (Fsp3) is 0.263. The Morgan fingerprint density at radius 3 is 3.09 bits per heavy atom. The van der Waals surface area contributed by atoms with Crippen LogP contribution >= 0.6 is 0 Å². The number of hydrogen-bond acceptors (Lipinski definition) is 3. The molecule has 1 aliphatic rings. The maximum atomic E-state index is 11.9. The smallest absolute Gasteiger partial charge is 0.340 e. The zero-order valence-corrected chi connectivity index (χ0v) is 13.0. The number of nitrogens with one attached hydrogen (secondary N) is 1. The number of fused-ring (bicyclic) bond motifs is 2. The molecule has 2 heterocycles. The van der Waals surface area contributed by atoms with Gasteiger partial charge in [-0.3, -0.25) is 4.98 Å². The van der Waals surface area contributed by atoms with Crippen molar-refractivity contribution in [2.75, 3.05) is 7.11 Å². The summed E-state index contributed by atoms with van der Waals surface area (Å²) in [6.45, 7) is 0. The molecule has 1 unspecified atom stereocenters. The van der Waals surface area contributed by atoms with Crippen LogP contribution in [0.15, 0.2) is 42.6 Å². The van der Waals surface area contributed by atoms with E-state index in [-0.39, 0.29) is 5.97 Å². The van der Waals surface area contributed by atoms with Crippen molar-refractivity contribution in [3.8, 4) is 0 Å². The normalized spacial score (nSPS) is 16.5. The average Bonchev–Trinajstić information content (AvgIpc) is 3.18. The third kappa shape index (κ3) is 2.40. The van der Waals surface area contributed by atoms with Gasteiger partial charge in [0.1, 0.15) is 0 Å². The van der Waals surface area contributed by atoms with Gasteiger partial charge in [0.15, 0.2) is 0 Å². The second kappa shape index (κ2) is 5.54. The van der Waals surface area contributed by atoms with Gasteiger partial charge in [-0.15, -0.1) is 0 Å². The number of pyridine rings is 1. The van der Waals surface area contributed by atoms with Crippen LogP contribution in [0.25, 0.3) is 11.0 Å². The van der Waals surface area contributed by atoms with Gasteiger partial charge in [0, 0.05) is 11.9 Å². The fourth-order valence-corrected chi connectivity index (χ4v) is 3.59. The van der Waals surface area contributed by atoms with E-state index in [1.54, 1.807) is 12.3 Å². The molecule has 2 aromatic heterocycles. The van der Waals surface area contributed by atoms with Gasteiger partial charge in [0.2, 0.25) is 0 Å². The summed E-state index contributed by atoms with van der Waals surface area (Å²) >= 11 is 0. The standard InChI is InChI=1S/C19H18N2O2/c1-23-19(22)16-8-9-20-17-11-14(21-18(16)17)10-13-7-6-12-4-2-3-5-15(12)13/h2-5,8-9,11,13,21H,6-7,10H2,1H3. The number of H-pyrrole nitrogens is 1. The van der Waals surface area contributed by atoms with Gasteiger partial charge >= 0.3 is 5.97 Å². The van der Waals surface area contributed by atoms with Crippen LogP contribution in [0.5, 0.6) is 0 Å². The Kier molecular flexibility index (Phi) is 3.37. The largest absolute Gasteiger partial charge is 0.465 e. The molecule has 0 amide bonds. The number of carbonyl (C=O) groups is 1. The zero-order chi connectivity index (χ0) is 15.8. The van der Waals surface area contributed by atoms with Gasteiger partial charge in [-0.25, -0.2) is 4.79 Å². The number of nitrogens with zero attached hydrogens (tertiary/aromatic N) is 1. The summed E-state index contributed by atoms with van der Waals surface area (Å²) in [7, 11) is 1.40. The molecule has 3 aromatic rings. The van der Waals surface area contributed by atoms with Gasteiger partial charge < -0.3 is 9.72 Å².